The lowest BCUT2D eigenvalue weighted by Gasteiger charge is -2.01. The molecule has 0 amide bonds. The number of ether oxygens (including phenoxy) is 1. The molecule has 0 spiro atoms. The third-order valence-corrected chi connectivity index (χ3v) is 2.36. The van der Waals surface area contributed by atoms with Crippen LogP contribution in [0.5, 0.6) is 0 Å². The van der Waals surface area contributed by atoms with E-state index in [0.29, 0.717) is 6.61 Å². The standard InChI is InChI=1S/C11H14N2O/c1-8-4-5-13-10(7-14-3)9(2)12-11(13)6-8/h4-6H,7H2,1-3H3. The Morgan fingerprint density at radius 3 is 2.93 bits per heavy atom. The predicted molar refractivity (Wildman–Crippen MR) is 55.4 cm³/mol. The molecule has 74 valence electrons. The van der Waals surface area contributed by atoms with Crippen LogP contribution in [0.1, 0.15) is 17.0 Å². The molecule has 0 radical (unpaired) electrons. The van der Waals surface area contributed by atoms with E-state index < -0.39 is 0 Å². The van der Waals surface area contributed by atoms with Gasteiger partial charge in [0, 0.05) is 13.3 Å². The fourth-order valence-electron chi connectivity index (χ4n) is 1.63. The molecule has 3 heteroatoms. The van der Waals surface area contributed by atoms with Crippen LogP contribution in [0.15, 0.2) is 18.3 Å². The number of rotatable bonds is 2. The smallest absolute Gasteiger partial charge is 0.137 e. The predicted octanol–water partition coefficient (Wildman–Crippen LogP) is 2.10. The van der Waals surface area contributed by atoms with Crippen LogP contribution >= 0.6 is 0 Å². The van der Waals surface area contributed by atoms with Gasteiger partial charge in [0.25, 0.3) is 0 Å². The van der Waals surface area contributed by atoms with Gasteiger partial charge >= 0.3 is 0 Å². The molecule has 2 aromatic heterocycles. The summed E-state index contributed by atoms with van der Waals surface area (Å²) in [6, 6.07) is 4.15. The van der Waals surface area contributed by atoms with Gasteiger partial charge in [-0.2, -0.15) is 0 Å². The number of hydrogen-bond acceptors (Lipinski definition) is 2. The normalized spacial score (nSPS) is 11.1. The summed E-state index contributed by atoms with van der Waals surface area (Å²) in [5, 5.41) is 0. The fraction of sp³-hybridized carbons (Fsp3) is 0.364. The zero-order valence-electron chi connectivity index (χ0n) is 8.74. The van der Waals surface area contributed by atoms with E-state index in [-0.39, 0.29) is 0 Å². The first kappa shape index (κ1) is 9.21. The summed E-state index contributed by atoms with van der Waals surface area (Å²) in [6.45, 7) is 4.69. The quantitative estimate of drug-likeness (QED) is 0.725. The number of pyridine rings is 1. The van der Waals surface area contributed by atoms with E-state index in [2.05, 4.69) is 28.4 Å². The maximum Gasteiger partial charge on any atom is 0.137 e. The van der Waals surface area contributed by atoms with Gasteiger partial charge in [-0.1, -0.05) is 0 Å². The van der Waals surface area contributed by atoms with Crippen molar-refractivity contribution in [2.75, 3.05) is 7.11 Å². The van der Waals surface area contributed by atoms with Crippen molar-refractivity contribution < 1.29 is 4.74 Å². The van der Waals surface area contributed by atoms with Crippen LogP contribution in [0, 0.1) is 13.8 Å². The molecule has 0 bridgehead atoms. The van der Waals surface area contributed by atoms with Crippen molar-refractivity contribution in [1.82, 2.24) is 9.38 Å². The largest absolute Gasteiger partial charge is 0.378 e. The van der Waals surface area contributed by atoms with Crippen molar-refractivity contribution in [3.05, 3.63) is 35.3 Å². The topological polar surface area (TPSA) is 26.5 Å². The SMILES string of the molecule is COCc1c(C)nc2cc(C)ccn12. The van der Waals surface area contributed by atoms with Gasteiger partial charge in [-0.05, 0) is 31.5 Å². The number of nitrogens with zero attached hydrogens (tertiary/aromatic N) is 2. The zero-order chi connectivity index (χ0) is 10.1. The van der Waals surface area contributed by atoms with Crippen LogP contribution in [0.25, 0.3) is 5.65 Å². The monoisotopic (exact) mass is 190 g/mol. The van der Waals surface area contributed by atoms with Crippen molar-refractivity contribution >= 4 is 5.65 Å². The summed E-state index contributed by atoms with van der Waals surface area (Å²) < 4.78 is 7.22. The Kier molecular flexibility index (Phi) is 2.25. The Morgan fingerprint density at radius 1 is 1.43 bits per heavy atom. The third kappa shape index (κ3) is 1.40. The van der Waals surface area contributed by atoms with E-state index in [1.807, 2.05) is 13.1 Å². The minimum atomic E-state index is 0.607. The molecule has 0 atom stereocenters. The molecule has 0 unspecified atom stereocenters. The average Bonchev–Trinajstić information content (AvgIpc) is 2.43. The molecule has 0 saturated carbocycles. The Morgan fingerprint density at radius 2 is 2.21 bits per heavy atom. The number of aromatic nitrogens is 2. The Hall–Kier alpha value is -1.35. The first-order valence-electron chi connectivity index (χ1n) is 4.65. The summed E-state index contributed by atoms with van der Waals surface area (Å²) in [6.07, 6.45) is 2.04. The summed E-state index contributed by atoms with van der Waals surface area (Å²) >= 11 is 0. The van der Waals surface area contributed by atoms with E-state index in [4.69, 9.17) is 4.74 Å². The van der Waals surface area contributed by atoms with Crippen molar-refractivity contribution in [2.45, 2.75) is 20.5 Å². The van der Waals surface area contributed by atoms with E-state index in [0.717, 1.165) is 17.0 Å². The highest BCUT2D eigenvalue weighted by Crippen LogP contribution is 2.13. The van der Waals surface area contributed by atoms with Gasteiger partial charge in [0.15, 0.2) is 0 Å². The maximum atomic E-state index is 5.14. The number of methoxy groups -OCH3 is 1. The second-order valence-corrected chi connectivity index (χ2v) is 3.51. The number of hydrogen-bond donors (Lipinski definition) is 0. The average molecular weight is 190 g/mol. The van der Waals surface area contributed by atoms with Crippen LogP contribution < -0.4 is 0 Å². The Labute approximate surface area is 83.3 Å². The minimum Gasteiger partial charge on any atom is -0.378 e. The van der Waals surface area contributed by atoms with Gasteiger partial charge in [0.05, 0.1) is 18.0 Å². The number of aryl methyl sites for hydroxylation is 2. The summed E-state index contributed by atoms with van der Waals surface area (Å²) in [7, 11) is 1.70. The molecule has 2 heterocycles. The van der Waals surface area contributed by atoms with E-state index in [1.54, 1.807) is 7.11 Å². The molecular formula is C11H14N2O. The van der Waals surface area contributed by atoms with Crippen molar-refractivity contribution in [2.24, 2.45) is 0 Å². The molecule has 14 heavy (non-hydrogen) atoms. The number of imidazole rings is 1. The van der Waals surface area contributed by atoms with Gasteiger partial charge in [0.1, 0.15) is 5.65 Å². The second-order valence-electron chi connectivity index (χ2n) is 3.51. The van der Waals surface area contributed by atoms with Crippen LogP contribution in [0.3, 0.4) is 0 Å². The van der Waals surface area contributed by atoms with Crippen molar-refractivity contribution in [3.8, 4) is 0 Å². The summed E-state index contributed by atoms with van der Waals surface area (Å²) in [4.78, 5) is 4.48. The van der Waals surface area contributed by atoms with Gasteiger partial charge in [-0.3, -0.25) is 0 Å². The van der Waals surface area contributed by atoms with Crippen LogP contribution in [0.2, 0.25) is 0 Å². The van der Waals surface area contributed by atoms with Crippen LogP contribution in [-0.2, 0) is 11.3 Å². The fourth-order valence-corrected chi connectivity index (χ4v) is 1.63. The second kappa shape index (κ2) is 3.42. The van der Waals surface area contributed by atoms with Crippen molar-refractivity contribution in [3.63, 3.8) is 0 Å². The molecule has 0 aliphatic rings. The lowest BCUT2D eigenvalue weighted by molar-refractivity contribution is 0.180. The van der Waals surface area contributed by atoms with E-state index in [1.165, 1.54) is 5.56 Å². The minimum absolute atomic E-state index is 0.607. The molecule has 0 saturated heterocycles. The Balaban J connectivity index is 2.64. The lowest BCUT2D eigenvalue weighted by Crippen LogP contribution is -1.96. The summed E-state index contributed by atoms with van der Waals surface area (Å²) in [5.74, 6) is 0. The van der Waals surface area contributed by atoms with Crippen LogP contribution in [-0.4, -0.2) is 16.5 Å². The molecule has 2 aromatic rings. The number of fused-ring (bicyclic) bond motifs is 1. The first-order valence-corrected chi connectivity index (χ1v) is 4.65. The molecule has 0 aliphatic carbocycles. The van der Waals surface area contributed by atoms with Crippen molar-refractivity contribution in [1.29, 1.82) is 0 Å². The van der Waals surface area contributed by atoms with Gasteiger partial charge < -0.3 is 9.14 Å². The van der Waals surface area contributed by atoms with Gasteiger partial charge in [-0.15, -0.1) is 0 Å². The molecular weight excluding hydrogens is 176 g/mol. The van der Waals surface area contributed by atoms with Gasteiger partial charge in [0.2, 0.25) is 0 Å². The zero-order valence-corrected chi connectivity index (χ0v) is 8.74. The van der Waals surface area contributed by atoms with Crippen LogP contribution in [0.4, 0.5) is 0 Å². The van der Waals surface area contributed by atoms with E-state index in [9.17, 15) is 0 Å². The molecule has 0 fully saturated rings. The molecule has 3 nitrogen and oxygen atoms in total. The van der Waals surface area contributed by atoms with Gasteiger partial charge in [-0.25, -0.2) is 4.98 Å². The lowest BCUT2D eigenvalue weighted by atomic mass is 10.3. The molecule has 0 aliphatic heterocycles. The summed E-state index contributed by atoms with van der Waals surface area (Å²) in [5.41, 5.74) is 4.39. The highest BCUT2D eigenvalue weighted by molar-refractivity contribution is 5.45. The molecule has 2 rings (SSSR count). The third-order valence-electron chi connectivity index (χ3n) is 2.36. The molecule has 0 aromatic carbocycles. The van der Waals surface area contributed by atoms with E-state index >= 15 is 0 Å². The first-order chi connectivity index (χ1) is 6.72. The molecule has 0 N–H and O–H groups in total. The maximum absolute atomic E-state index is 5.14. The Bertz CT molecular complexity index is 460. The highest BCUT2D eigenvalue weighted by atomic mass is 16.5. The highest BCUT2D eigenvalue weighted by Gasteiger charge is 2.07.